The van der Waals surface area contributed by atoms with Crippen molar-refractivity contribution in [2.45, 2.75) is 19.4 Å². The molecule has 0 aliphatic carbocycles. The van der Waals surface area contributed by atoms with Crippen LogP contribution >= 0.6 is 12.2 Å². The van der Waals surface area contributed by atoms with Crippen molar-refractivity contribution in [2.75, 3.05) is 19.7 Å². The molecule has 1 unspecified atom stereocenters. The molecule has 0 spiro atoms. The van der Waals surface area contributed by atoms with Gasteiger partial charge in [0, 0.05) is 30.8 Å². The zero-order valence-corrected chi connectivity index (χ0v) is 11.6. The Labute approximate surface area is 118 Å². The van der Waals surface area contributed by atoms with Crippen molar-refractivity contribution in [1.82, 2.24) is 4.90 Å². The summed E-state index contributed by atoms with van der Waals surface area (Å²) in [6.45, 7) is 2.49. The van der Waals surface area contributed by atoms with E-state index in [2.05, 4.69) is 4.90 Å². The maximum Gasteiger partial charge on any atom is 0.127 e. The average Bonchev–Trinajstić information content (AvgIpc) is 2.41. The first-order chi connectivity index (χ1) is 9.10. The van der Waals surface area contributed by atoms with Crippen molar-refractivity contribution in [2.24, 2.45) is 11.7 Å². The van der Waals surface area contributed by atoms with Crippen LogP contribution in [0.1, 0.15) is 24.0 Å². The molecule has 1 saturated heterocycles. The SMILES string of the molecule is NC(=S)c1ccc(F)c(CN2CCCC(CO)C2)c1. The molecule has 104 valence electrons. The van der Waals surface area contributed by atoms with Gasteiger partial charge in [0.2, 0.25) is 0 Å². The molecule has 1 fully saturated rings. The molecule has 1 aromatic rings. The summed E-state index contributed by atoms with van der Waals surface area (Å²) < 4.78 is 13.8. The highest BCUT2D eigenvalue weighted by atomic mass is 32.1. The highest BCUT2D eigenvalue weighted by Gasteiger charge is 2.20. The predicted octanol–water partition coefficient (Wildman–Crippen LogP) is 1.66. The van der Waals surface area contributed by atoms with E-state index in [1.165, 1.54) is 6.07 Å². The van der Waals surface area contributed by atoms with Gasteiger partial charge in [0.1, 0.15) is 10.8 Å². The van der Waals surface area contributed by atoms with E-state index in [1.807, 2.05) is 0 Å². The van der Waals surface area contributed by atoms with E-state index in [9.17, 15) is 9.50 Å². The number of rotatable bonds is 4. The van der Waals surface area contributed by atoms with Gasteiger partial charge in [-0.2, -0.15) is 0 Å². The number of nitrogens with zero attached hydrogens (tertiary/aromatic N) is 1. The molecule has 1 aliphatic rings. The zero-order valence-electron chi connectivity index (χ0n) is 10.8. The van der Waals surface area contributed by atoms with Crippen LogP contribution in [-0.4, -0.2) is 34.7 Å². The van der Waals surface area contributed by atoms with Gasteiger partial charge in [0.25, 0.3) is 0 Å². The Kier molecular flexibility index (Phi) is 4.85. The van der Waals surface area contributed by atoms with E-state index < -0.39 is 0 Å². The maximum atomic E-state index is 13.8. The molecule has 5 heteroatoms. The van der Waals surface area contributed by atoms with Crippen LogP contribution in [0.2, 0.25) is 0 Å². The lowest BCUT2D eigenvalue weighted by atomic mass is 9.98. The topological polar surface area (TPSA) is 49.5 Å². The molecule has 1 aromatic carbocycles. The number of hydrogen-bond donors (Lipinski definition) is 2. The smallest absolute Gasteiger partial charge is 0.127 e. The van der Waals surface area contributed by atoms with E-state index in [1.54, 1.807) is 12.1 Å². The predicted molar refractivity (Wildman–Crippen MR) is 77.4 cm³/mol. The summed E-state index contributed by atoms with van der Waals surface area (Å²) in [5.41, 5.74) is 6.88. The third kappa shape index (κ3) is 3.72. The van der Waals surface area contributed by atoms with Crippen molar-refractivity contribution in [3.05, 3.63) is 35.1 Å². The van der Waals surface area contributed by atoms with Crippen LogP contribution in [0.3, 0.4) is 0 Å². The van der Waals surface area contributed by atoms with Gasteiger partial charge in [-0.05, 0) is 43.5 Å². The molecule has 0 aromatic heterocycles. The molecule has 3 N–H and O–H groups in total. The number of hydrogen-bond acceptors (Lipinski definition) is 3. The molecule has 1 heterocycles. The minimum atomic E-state index is -0.230. The quantitative estimate of drug-likeness (QED) is 0.825. The monoisotopic (exact) mass is 282 g/mol. The number of halogens is 1. The number of nitrogens with two attached hydrogens (primary N) is 1. The van der Waals surface area contributed by atoms with Gasteiger partial charge in [0.15, 0.2) is 0 Å². The second-order valence-corrected chi connectivity index (χ2v) is 5.54. The van der Waals surface area contributed by atoms with Crippen LogP contribution in [0.4, 0.5) is 4.39 Å². The molecule has 3 nitrogen and oxygen atoms in total. The summed E-state index contributed by atoms with van der Waals surface area (Å²) in [5.74, 6) is 0.0710. The molecule has 0 saturated carbocycles. The van der Waals surface area contributed by atoms with Crippen molar-refractivity contribution in [1.29, 1.82) is 0 Å². The number of likely N-dealkylation sites (tertiary alicyclic amines) is 1. The fourth-order valence-corrected chi connectivity index (χ4v) is 2.66. The molecule has 2 rings (SSSR count). The van der Waals surface area contributed by atoms with Crippen LogP contribution in [0.15, 0.2) is 18.2 Å². The first kappa shape index (κ1) is 14.4. The minimum absolute atomic E-state index is 0.200. The fraction of sp³-hybridized carbons (Fsp3) is 0.500. The summed E-state index contributed by atoms with van der Waals surface area (Å²) in [6, 6.07) is 4.74. The Hall–Kier alpha value is -1.04. The Bertz CT molecular complexity index is 467. The highest BCUT2D eigenvalue weighted by molar-refractivity contribution is 7.80. The average molecular weight is 282 g/mol. The Morgan fingerprint density at radius 3 is 3.00 bits per heavy atom. The van der Waals surface area contributed by atoms with Gasteiger partial charge in [-0.15, -0.1) is 0 Å². The van der Waals surface area contributed by atoms with Crippen LogP contribution in [0.25, 0.3) is 0 Å². The second-order valence-electron chi connectivity index (χ2n) is 5.10. The minimum Gasteiger partial charge on any atom is -0.396 e. The third-order valence-electron chi connectivity index (χ3n) is 3.59. The lowest BCUT2D eigenvalue weighted by molar-refractivity contribution is 0.115. The van der Waals surface area contributed by atoms with Crippen LogP contribution in [0, 0.1) is 11.7 Å². The summed E-state index contributed by atoms with van der Waals surface area (Å²) in [7, 11) is 0. The molecule has 0 radical (unpaired) electrons. The third-order valence-corrected chi connectivity index (χ3v) is 3.82. The van der Waals surface area contributed by atoms with Crippen molar-refractivity contribution in [3.8, 4) is 0 Å². The second kappa shape index (κ2) is 6.41. The Balaban J connectivity index is 2.09. The number of thiocarbonyl (C=S) groups is 1. The molecule has 1 atom stereocenters. The van der Waals surface area contributed by atoms with E-state index in [0.717, 1.165) is 25.9 Å². The summed E-state index contributed by atoms with van der Waals surface area (Å²) in [4.78, 5) is 2.46. The highest BCUT2D eigenvalue weighted by Crippen LogP contribution is 2.20. The van der Waals surface area contributed by atoms with Gasteiger partial charge in [0.05, 0.1) is 0 Å². The van der Waals surface area contributed by atoms with Crippen molar-refractivity contribution < 1.29 is 9.50 Å². The summed E-state index contributed by atoms with van der Waals surface area (Å²) >= 11 is 4.92. The van der Waals surface area contributed by atoms with Gasteiger partial charge in [-0.25, -0.2) is 4.39 Å². The van der Waals surface area contributed by atoms with Gasteiger partial charge in [-0.3, -0.25) is 4.90 Å². The summed E-state index contributed by atoms with van der Waals surface area (Å²) in [5, 5.41) is 9.21. The van der Waals surface area contributed by atoms with E-state index in [0.29, 0.717) is 23.6 Å². The largest absolute Gasteiger partial charge is 0.396 e. The number of piperidine rings is 1. The van der Waals surface area contributed by atoms with Gasteiger partial charge < -0.3 is 10.8 Å². The number of aliphatic hydroxyl groups excluding tert-OH is 1. The van der Waals surface area contributed by atoms with Crippen LogP contribution in [0.5, 0.6) is 0 Å². The van der Waals surface area contributed by atoms with Gasteiger partial charge in [-0.1, -0.05) is 12.2 Å². The molecule has 0 amide bonds. The molecule has 0 bridgehead atoms. The van der Waals surface area contributed by atoms with Crippen molar-refractivity contribution in [3.63, 3.8) is 0 Å². The first-order valence-corrected chi connectivity index (χ1v) is 6.92. The van der Waals surface area contributed by atoms with E-state index >= 15 is 0 Å². The number of benzene rings is 1. The Morgan fingerprint density at radius 2 is 2.32 bits per heavy atom. The Morgan fingerprint density at radius 1 is 1.53 bits per heavy atom. The number of aliphatic hydroxyl groups is 1. The summed E-state index contributed by atoms with van der Waals surface area (Å²) in [6.07, 6.45) is 2.09. The molecular formula is C14H19FN2OS. The zero-order chi connectivity index (χ0) is 13.8. The first-order valence-electron chi connectivity index (χ1n) is 6.51. The standard InChI is InChI=1S/C14H19FN2OS/c15-13-4-3-11(14(16)19)6-12(13)8-17-5-1-2-10(7-17)9-18/h3-4,6,10,18H,1-2,5,7-9H2,(H2,16,19). The van der Waals surface area contributed by atoms with E-state index in [-0.39, 0.29) is 17.4 Å². The van der Waals surface area contributed by atoms with Crippen LogP contribution in [-0.2, 0) is 6.54 Å². The van der Waals surface area contributed by atoms with Crippen LogP contribution < -0.4 is 5.73 Å². The van der Waals surface area contributed by atoms with Gasteiger partial charge >= 0.3 is 0 Å². The fourth-order valence-electron chi connectivity index (χ4n) is 2.53. The van der Waals surface area contributed by atoms with Crippen molar-refractivity contribution >= 4 is 17.2 Å². The van der Waals surface area contributed by atoms with E-state index in [4.69, 9.17) is 18.0 Å². The molecule has 19 heavy (non-hydrogen) atoms. The lowest BCUT2D eigenvalue weighted by Gasteiger charge is -2.31. The molecule has 1 aliphatic heterocycles. The maximum absolute atomic E-state index is 13.8. The lowest BCUT2D eigenvalue weighted by Crippen LogP contribution is -2.36. The molecular weight excluding hydrogens is 263 g/mol. The normalized spacial score (nSPS) is 20.4.